The number of aromatic nitrogens is 2. The van der Waals surface area contributed by atoms with E-state index in [4.69, 9.17) is 4.74 Å². The van der Waals surface area contributed by atoms with Crippen molar-refractivity contribution in [1.82, 2.24) is 14.7 Å². The predicted molar refractivity (Wildman–Crippen MR) is 92.2 cm³/mol. The Bertz CT molecular complexity index is 673. The molecular weight excluding hydrogens is 286 g/mol. The van der Waals surface area contributed by atoms with Gasteiger partial charge in [-0.1, -0.05) is 24.8 Å². The summed E-state index contributed by atoms with van der Waals surface area (Å²) in [5.74, 6) is 0.965. The molecule has 2 aromatic rings. The zero-order valence-corrected chi connectivity index (χ0v) is 14.0. The molecule has 1 saturated carbocycles. The van der Waals surface area contributed by atoms with Crippen LogP contribution in [-0.4, -0.2) is 27.3 Å². The molecule has 0 bridgehead atoms. The lowest BCUT2D eigenvalue weighted by Crippen LogP contribution is -2.25. The Morgan fingerprint density at radius 1 is 1.35 bits per heavy atom. The van der Waals surface area contributed by atoms with E-state index in [9.17, 15) is 0 Å². The molecule has 0 atom stereocenters. The van der Waals surface area contributed by atoms with E-state index in [1.165, 1.54) is 24.0 Å². The quantitative estimate of drug-likeness (QED) is 0.699. The average molecular weight is 311 g/mol. The minimum atomic E-state index is 0.572. The van der Waals surface area contributed by atoms with Crippen molar-refractivity contribution in [2.45, 2.75) is 38.9 Å². The minimum absolute atomic E-state index is 0.572. The van der Waals surface area contributed by atoms with E-state index in [0.29, 0.717) is 12.6 Å². The number of rotatable bonds is 8. The van der Waals surface area contributed by atoms with Crippen molar-refractivity contribution in [1.29, 1.82) is 0 Å². The second-order valence-corrected chi connectivity index (χ2v) is 6.51. The maximum atomic E-state index is 5.91. The van der Waals surface area contributed by atoms with E-state index in [0.717, 1.165) is 24.4 Å². The molecule has 23 heavy (non-hydrogen) atoms. The van der Waals surface area contributed by atoms with E-state index in [1.54, 1.807) is 0 Å². The van der Waals surface area contributed by atoms with E-state index < -0.39 is 0 Å². The maximum Gasteiger partial charge on any atom is 0.124 e. The largest absolute Gasteiger partial charge is 0.489 e. The SMILES string of the molecule is C=C(C)COc1ccccc1CN(Cc1cnn(C)c1)C1CC1. The summed E-state index contributed by atoms with van der Waals surface area (Å²) in [6.07, 6.45) is 6.63. The van der Waals surface area contributed by atoms with Crippen LogP contribution < -0.4 is 4.74 Å². The molecular formula is C19H25N3O. The van der Waals surface area contributed by atoms with Gasteiger partial charge in [-0.2, -0.15) is 5.10 Å². The molecule has 1 heterocycles. The van der Waals surface area contributed by atoms with Crippen molar-refractivity contribution in [2.24, 2.45) is 7.05 Å². The fraction of sp³-hybridized carbons (Fsp3) is 0.421. The lowest BCUT2D eigenvalue weighted by Gasteiger charge is -2.23. The van der Waals surface area contributed by atoms with Crippen molar-refractivity contribution in [3.63, 3.8) is 0 Å². The summed E-state index contributed by atoms with van der Waals surface area (Å²) in [5, 5.41) is 4.28. The van der Waals surface area contributed by atoms with Crippen LogP contribution in [0.3, 0.4) is 0 Å². The summed E-state index contributed by atoms with van der Waals surface area (Å²) in [6.45, 7) is 8.32. The summed E-state index contributed by atoms with van der Waals surface area (Å²) in [7, 11) is 1.96. The number of nitrogens with zero attached hydrogens (tertiary/aromatic N) is 3. The van der Waals surface area contributed by atoms with E-state index >= 15 is 0 Å². The molecule has 0 N–H and O–H groups in total. The van der Waals surface area contributed by atoms with Crippen LogP contribution in [0.5, 0.6) is 5.75 Å². The molecule has 3 rings (SSSR count). The minimum Gasteiger partial charge on any atom is -0.489 e. The van der Waals surface area contributed by atoms with Crippen LogP contribution in [0, 0.1) is 0 Å². The van der Waals surface area contributed by atoms with Crippen molar-refractivity contribution in [2.75, 3.05) is 6.61 Å². The lowest BCUT2D eigenvalue weighted by molar-refractivity contribution is 0.240. The van der Waals surface area contributed by atoms with Crippen LogP contribution in [0.2, 0.25) is 0 Å². The lowest BCUT2D eigenvalue weighted by atomic mass is 10.1. The van der Waals surface area contributed by atoms with E-state index in [-0.39, 0.29) is 0 Å². The smallest absolute Gasteiger partial charge is 0.124 e. The molecule has 122 valence electrons. The fourth-order valence-corrected chi connectivity index (χ4v) is 2.74. The Labute approximate surface area is 138 Å². The van der Waals surface area contributed by atoms with Crippen LogP contribution >= 0.6 is 0 Å². The highest BCUT2D eigenvalue weighted by atomic mass is 16.5. The highest BCUT2D eigenvalue weighted by molar-refractivity contribution is 5.33. The van der Waals surface area contributed by atoms with Crippen LogP contribution in [-0.2, 0) is 20.1 Å². The van der Waals surface area contributed by atoms with Gasteiger partial charge in [-0.05, 0) is 31.4 Å². The van der Waals surface area contributed by atoms with Gasteiger partial charge in [0.05, 0.1) is 6.20 Å². The van der Waals surface area contributed by atoms with Gasteiger partial charge >= 0.3 is 0 Å². The summed E-state index contributed by atoms with van der Waals surface area (Å²) >= 11 is 0. The molecule has 0 radical (unpaired) electrons. The number of aryl methyl sites for hydroxylation is 1. The first-order valence-corrected chi connectivity index (χ1v) is 8.18. The van der Waals surface area contributed by atoms with Gasteiger partial charge in [-0.25, -0.2) is 0 Å². The first-order chi connectivity index (χ1) is 11.1. The van der Waals surface area contributed by atoms with Crippen molar-refractivity contribution < 1.29 is 4.74 Å². The van der Waals surface area contributed by atoms with E-state index in [2.05, 4.69) is 34.9 Å². The van der Waals surface area contributed by atoms with Crippen LogP contribution in [0.15, 0.2) is 48.8 Å². The van der Waals surface area contributed by atoms with Crippen molar-refractivity contribution in [3.05, 3.63) is 59.9 Å². The molecule has 0 amide bonds. The normalized spacial score (nSPS) is 14.2. The molecule has 1 aliphatic carbocycles. The summed E-state index contributed by atoms with van der Waals surface area (Å²) < 4.78 is 7.78. The molecule has 0 aliphatic heterocycles. The van der Waals surface area contributed by atoms with Gasteiger partial charge in [0, 0.05) is 43.5 Å². The highest BCUT2D eigenvalue weighted by Crippen LogP contribution is 2.31. The maximum absolute atomic E-state index is 5.91. The number of hydrogen-bond acceptors (Lipinski definition) is 3. The zero-order chi connectivity index (χ0) is 16.2. The standard InChI is InChI=1S/C19H25N3O/c1-15(2)14-23-19-7-5-4-6-17(19)13-22(18-8-9-18)12-16-10-20-21(3)11-16/h4-7,10-11,18H,1,8-9,12-14H2,2-3H3. The molecule has 4 nitrogen and oxygen atoms in total. The molecule has 1 aromatic heterocycles. The highest BCUT2D eigenvalue weighted by Gasteiger charge is 2.29. The van der Waals surface area contributed by atoms with Gasteiger partial charge in [-0.3, -0.25) is 9.58 Å². The Morgan fingerprint density at radius 3 is 2.78 bits per heavy atom. The fourth-order valence-electron chi connectivity index (χ4n) is 2.74. The van der Waals surface area contributed by atoms with Gasteiger partial charge in [0.2, 0.25) is 0 Å². The predicted octanol–water partition coefficient (Wildman–Crippen LogP) is 3.54. The third-order valence-corrected chi connectivity index (χ3v) is 4.03. The Kier molecular flexibility index (Phi) is 4.82. The Balaban J connectivity index is 1.71. The van der Waals surface area contributed by atoms with Crippen molar-refractivity contribution in [3.8, 4) is 5.75 Å². The summed E-state index contributed by atoms with van der Waals surface area (Å²) in [5.41, 5.74) is 3.54. The average Bonchev–Trinajstić information content (AvgIpc) is 3.29. The van der Waals surface area contributed by atoms with Crippen LogP contribution in [0.4, 0.5) is 0 Å². The molecule has 0 saturated heterocycles. The van der Waals surface area contributed by atoms with E-state index in [1.807, 2.05) is 37.0 Å². The van der Waals surface area contributed by atoms with Crippen LogP contribution in [0.1, 0.15) is 30.9 Å². The van der Waals surface area contributed by atoms with Crippen LogP contribution in [0.25, 0.3) is 0 Å². The second-order valence-electron chi connectivity index (χ2n) is 6.51. The van der Waals surface area contributed by atoms with Gasteiger partial charge < -0.3 is 4.74 Å². The first-order valence-electron chi connectivity index (χ1n) is 8.18. The van der Waals surface area contributed by atoms with Crippen molar-refractivity contribution >= 4 is 0 Å². The monoisotopic (exact) mass is 311 g/mol. The zero-order valence-electron chi connectivity index (χ0n) is 14.0. The van der Waals surface area contributed by atoms with Gasteiger partial charge in [0.1, 0.15) is 12.4 Å². The third kappa shape index (κ3) is 4.45. The molecule has 1 aromatic carbocycles. The molecule has 0 spiro atoms. The Morgan fingerprint density at radius 2 is 2.13 bits per heavy atom. The second kappa shape index (κ2) is 7.01. The summed E-state index contributed by atoms with van der Waals surface area (Å²) in [6, 6.07) is 9.00. The van der Waals surface area contributed by atoms with Gasteiger partial charge in [0.25, 0.3) is 0 Å². The van der Waals surface area contributed by atoms with Gasteiger partial charge in [-0.15, -0.1) is 0 Å². The number of ether oxygens (including phenoxy) is 1. The molecule has 1 aliphatic rings. The molecule has 0 unspecified atom stereocenters. The Hall–Kier alpha value is -2.07. The number of hydrogen-bond donors (Lipinski definition) is 0. The topological polar surface area (TPSA) is 30.3 Å². The third-order valence-electron chi connectivity index (χ3n) is 4.03. The molecule has 1 fully saturated rings. The first kappa shape index (κ1) is 15.8. The number of para-hydroxylation sites is 1. The number of benzene rings is 1. The van der Waals surface area contributed by atoms with Gasteiger partial charge in [0.15, 0.2) is 0 Å². The molecule has 4 heteroatoms. The summed E-state index contributed by atoms with van der Waals surface area (Å²) in [4.78, 5) is 2.53.